The number of ether oxygens (including phenoxy) is 2. The summed E-state index contributed by atoms with van der Waals surface area (Å²) in [4.78, 5) is 23.2. The Kier molecular flexibility index (Phi) is 3.65. The van der Waals surface area contributed by atoms with Crippen LogP contribution in [0.15, 0.2) is 30.3 Å². The van der Waals surface area contributed by atoms with Gasteiger partial charge in [-0.15, -0.1) is 0 Å². The van der Waals surface area contributed by atoms with E-state index in [9.17, 15) is 9.59 Å². The van der Waals surface area contributed by atoms with Gasteiger partial charge in [0.15, 0.2) is 0 Å². The van der Waals surface area contributed by atoms with Crippen molar-refractivity contribution in [1.29, 1.82) is 0 Å². The van der Waals surface area contributed by atoms with E-state index < -0.39 is 11.8 Å². The Bertz CT molecular complexity index is 440. The maximum Gasteiger partial charge on any atom is 0.310 e. The number of hydrogen-bond donors (Lipinski definition) is 0. The van der Waals surface area contributed by atoms with Gasteiger partial charge in [0.05, 0.1) is 18.9 Å². The smallest absolute Gasteiger partial charge is 0.310 e. The van der Waals surface area contributed by atoms with Crippen LogP contribution in [-0.2, 0) is 19.1 Å². The fraction of sp³-hybridized carbons (Fsp3) is 0.429. The molecule has 3 atom stereocenters. The Morgan fingerprint density at radius 3 is 2.67 bits per heavy atom. The van der Waals surface area contributed by atoms with E-state index in [1.807, 2.05) is 30.3 Å². The number of benzene rings is 1. The number of carbonyl (C=O) groups is 2. The van der Waals surface area contributed by atoms with E-state index in [4.69, 9.17) is 4.74 Å². The van der Waals surface area contributed by atoms with Gasteiger partial charge in [-0.25, -0.2) is 0 Å². The predicted octanol–water partition coefficient (Wildman–Crippen LogP) is 2.10. The van der Waals surface area contributed by atoms with Crippen LogP contribution in [0, 0.1) is 11.8 Å². The van der Waals surface area contributed by atoms with Crippen molar-refractivity contribution in [2.75, 3.05) is 7.11 Å². The maximum atomic E-state index is 11.8. The molecule has 0 bridgehead atoms. The molecule has 18 heavy (non-hydrogen) atoms. The molecule has 0 radical (unpaired) electrons. The van der Waals surface area contributed by atoms with Gasteiger partial charge in [0.2, 0.25) is 0 Å². The summed E-state index contributed by atoms with van der Waals surface area (Å²) < 4.78 is 10.00. The van der Waals surface area contributed by atoms with Gasteiger partial charge >= 0.3 is 11.9 Å². The second-order valence-electron chi connectivity index (χ2n) is 4.49. The van der Waals surface area contributed by atoms with Gasteiger partial charge in [-0.2, -0.15) is 0 Å². The molecule has 2 rings (SSSR count). The first kappa shape index (κ1) is 12.6. The van der Waals surface area contributed by atoms with Crippen LogP contribution in [0.5, 0.6) is 0 Å². The summed E-state index contributed by atoms with van der Waals surface area (Å²) in [7, 11) is 1.33. The molecule has 1 fully saturated rings. The number of rotatable bonds is 3. The molecule has 1 aliphatic rings. The highest BCUT2D eigenvalue weighted by molar-refractivity contribution is 5.83. The Morgan fingerprint density at radius 1 is 1.39 bits per heavy atom. The van der Waals surface area contributed by atoms with Crippen molar-refractivity contribution in [3.63, 3.8) is 0 Å². The summed E-state index contributed by atoms with van der Waals surface area (Å²) in [6.07, 6.45) is 0.273. The summed E-state index contributed by atoms with van der Waals surface area (Å²) in [5.41, 5.74) is 0.963. The van der Waals surface area contributed by atoms with Crippen LogP contribution in [0.3, 0.4) is 0 Å². The lowest BCUT2D eigenvalue weighted by Gasteiger charge is -2.12. The Balaban J connectivity index is 2.10. The summed E-state index contributed by atoms with van der Waals surface area (Å²) in [6, 6.07) is 9.56. The quantitative estimate of drug-likeness (QED) is 0.769. The third-order valence-electron chi connectivity index (χ3n) is 3.38. The summed E-state index contributed by atoms with van der Waals surface area (Å²) in [5, 5.41) is 0. The van der Waals surface area contributed by atoms with Crippen LogP contribution >= 0.6 is 0 Å². The number of carbonyl (C=O) groups excluding carboxylic acids is 2. The topological polar surface area (TPSA) is 52.6 Å². The number of hydrogen-bond acceptors (Lipinski definition) is 4. The van der Waals surface area contributed by atoms with Gasteiger partial charge in [0, 0.05) is 6.42 Å². The molecule has 4 heteroatoms. The lowest BCUT2D eigenvalue weighted by Crippen LogP contribution is -2.25. The second-order valence-corrected chi connectivity index (χ2v) is 4.49. The first-order valence-corrected chi connectivity index (χ1v) is 5.96. The molecule has 0 spiro atoms. The van der Waals surface area contributed by atoms with Crippen molar-refractivity contribution in [2.24, 2.45) is 11.8 Å². The highest BCUT2D eigenvalue weighted by atomic mass is 16.6. The van der Waals surface area contributed by atoms with Gasteiger partial charge in [-0.05, 0) is 5.56 Å². The Hall–Kier alpha value is -1.84. The summed E-state index contributed by atoms with van der Waals surface area (Å²) >= 11 is 0. The molecule has 1 aromatic rings. The minimum Gasteiger partial charge on any atom is -0.469 e. The molecule has 0 amide bonds. The Labute approximate surface area is 106 Å². The molecule has 0 aliphatic carbocycles. The zero-order chi connectivity index (χ0) is 13.1. The molecule has 4 nitrogen and oxygen atoms in total. The molecular weight excluding hydrogens is 232 g/mol. The van der Waals surface area contributed by atoms with Crippen molar-refractivity contribution >= 4 is 11.9 Å². The molecule has 0 unspecified atom stereocenters. The monoisotopic (exact) mass is 248 g/mol. The van der Waals surface area contributed by atoms with E-state index >= 15 is 0 Å². The van der Waals surface area contributed by atoms with Crippen LogP contribution in [0.1, 0.15) is 25.0 Å². The van der Waals surface area contributed by atoms with E-state index in [0.717, 1.165) is 5.56 Å². The summed E-state index contributed by atoms with van der Waals surface area (Å²) in [6.45, 7) is 1.70. The SMILES string of the molecule is COC(=O)[C@@H](C)[C@@H]1C[C@H](c2ccccc2)OC1=O. The standard InChI is InChI=1S/C14H16O4/c1-9(13(15)17-2)11-8-12(18-14(11)16)10-6-4-3-5-7-10/h3-7,9,11-12H,8H2,1-2H3/t9-,11-,12+/m0/s1. The molecule has 0 saturated carbocycles. The van der Waals surface area contributed by atoms with E-state index in [-0.39, 0.29) is 18.0 Å². The van der Waals surface area contributed by atoms with Crippen molar-refractivity contribution in [3.8, 4) is 0 Å². The lowest BCUT2D eigenvalue weighted by molar-refractivity contribution is -0.154. The van der Waals surface area contributed by atoms with Crippen LogP contribution in [0.4, 0.5) is 0 Å². The van der Waals surface area contributed by atoms with E-state index in [2.05, 4.69) is 4.74 Å². The molecule has 1 saturated heterocycles. The fourth-order valence-electron chi connectivity index (χ4n) is 2.23. The third kappa shape index (κ3) is 2.37. The van der Waals surface area contributed by atoms with Crippen LogP contribution < -0.4 is 0 Å². The lowest BCUT2D eigenvalue weighted by atomic mass is 9.89. The van der Waals surface area contributed by atoms with Gasteiger partial charge in [0.25, 0.3) is 0 Å². The van der Waals surface area contributed by atoms with Crippen molar-refractivity contribution in [2.45, 2.75) is 19.4 Å². The molecule has 1 heterocycles. The minimum absolute atomic E-state index is 0.254. The minimum atomic E-state index is -0.462. The van der Waals surface area contributed by atoms with E-state index in [1.165, 1.54) is 7.11 Å². The number of esters is 2. The zero-order valence-corrected chi connectivity index (χ0v) is 10.5. The maximum absolute atomic E-state index is 11.8. The summed E-state index contributed by atoms with van der Waals surface area (Å²) in [5.74, 6) is -1.56. The second kappa shape index (κ2) is 5.21. The first-order valence-electron chi connectivity index (χ1n) is 5.96. The molecule has 0 aromatic heterocycles. The zero-order valence-electron chi connectivity index (χ0n) is 10.5. The normalized spacial score (nSPS) is 24.4. The molecule has 1 aromatic carbocycles. The van der Waals surface area contributed by atoms with Crippen LogP contribution in [-0.4, -0.2) is 19.0 Å². The van der Waals surface area contributed by atoms with Crippen LogP contribution in [0.2, 0.25) is 0 Å². The molecule has 1 aliphatic heterocycles. The van der Waals surface area contributed by atoms with Gasteiger partial charge in [-0.3, -0.25) is 9.59 Å². The number of cyclic esters (lactones) is 1. The largest absolute Gasteiger partial charge is 0.469 e. The van der Waals surface area contributed by atoms with E-state index in [0.29, 0.717) is 6.42 Å². The Morgan fingerprint density at radius 2 is 2.06 bits per heavy atom. The fourth-order valence-corrected chi connectivity index (χ4v) is 2.23. The molecular formula is C14H16O4. The average Bonchev–Trinajstić information content (AvgIpc) is 2.80. The molecule has 0 N–H and O–H groups in total. The first-order chi connectivity index (χ1) is 8.63. The van der Waals surface area contributed by atoms with Gasteiger partial charge in [0.1, 0.15) is 6.10 Å². The van der Waals surface area contributed by atoms with Crippen molar-refractivity contribution in [3.05, 3.63) is 35.9 Å². The number of methoxy groups -OCH3 is 1. The highest BCUT2D eigenvalue weighted by Crippen LogP contribution is 2.37. The third-order valence-corrected chi connectivity index (χ3v) is 3.38. The van der Waals surface area contributed by atoms with E-state index in [1.54, 1.807) is 6.92 Å². The van der Waals surface area contributed by atoms with Gasteiger partial charge in [-0.1, -0.05) is 37.3 Å². The van der Waals surface area contributed by atoms with Gasteiger partial charge < -0.3 is 9.47 Å². The van der Waals surface area contributed by atoms with Crippen LogP contribution in [0.25, 0.3) is 0 Å². The average molecular weight is 248 g/mol. The van der Waals surface area contributed by atoms with Crippen molar-refractivity contribution < 1.29 is 19.1 Å². The molecule has 96 valence electrons. The predicted molar refractivity (Wildman–Crippen MR) is 64.6 cm³/mol. The highest BCUT2D eigenvalue weighted by Gasteiger charge is 2.41. The van der Waals surface area contributed by atoms with Crippen molar-refractivity contribution in [1.82, 2.24) is 0 Å².